The predicted molar refractivity (Wildman–Crippen MR) is 59.4 cm³/mol. The Labute approximate surface area is 89.7 Å². The molecule has 0 amide bonds. The standard InChI is InChI=1S/C12H15NO2/c1-14-11-2-4-12(5-3-11)15-9-10-6-7-13-8-10/h2-6,13H,7-9H2,1H3. The summed E-state index contributed by atoms with van der Waals surface area (Å²) in [6.07, 6.45) is 2.17. The summed E-state index contributed by atoms with van der Waals surface area (Å²) in [7, 11) is 1.66. The van der Waals surface area contributed by atoms with Crippen LogP contribution >= 0.6 is 0 Å². The third-order valence-electron chi connectivity index (χ3n) is 2.37. The Bertz CT molecular complexity index is 343. The number of hydrogen-bond acceptors (Lipinski definition) is 3. The minimum Gasteiger partial charge on any atom is -0.497 e. The van der Waals surface area contributed by atoms with Gasteiger partial charge in [-0.1, -0.05) is 6.08 Å². The Kier molecular flexibility index (Phi) is 3.25. The number of hydrogen-bond donors (Lipinski definition) is 1. The average Bonchev–Trinajstić information content (AvgIpc) is 2.80. The Morgan fingerprint density at radius 1 is 1.20 bits per heavy atom. The first kappa shape index (κ1) is 10.1. The van der Waals surface area contributed by atoms with Crippen molar-refractivity contribution in [3.63, 3.8) is 0 Å². The van der Waals surface area contributed by atoms with Crippen molar-refractivity contribution in [2.45, 2.75) is 0 Å². The van der Waals surface area contributed by atoms with Crippen LogP contribution in [0.3, 0.4) is 0 Å². The number of nitrogens with one attached hydrogen (secondary N) is 1. The van der Waals surface area contributed by atoms with Crippen LogP contribution in [0, 0.1) is 0 Å². The molecule has 3 nitrogen and oxygen atoms in total. The zero-order valence-corrected chi connectivity index (χ0v) is 8.82. The van der Waals surface area contributed by atoms with E-state index in [4.69, 9.17) is 9.47 Å². The fourth-order valence-corrected chi connectivity index (χ4v) is 1.48. The van der Waals surface area contributed by atoms with Crippen LogP contribution in [0.15, 0.2) is 35.9 Å². The van der Waals surface area contributed by atoms with E-state index in [9.17, 15) is 0 Å². The van der Waals surface area contributed by atoms with E-state index in [1.165, 1.54) is 5.57 Å². The molecule has 0 aromatic heterocycles. The van der Waals surface area contributed by atoms with Crippen LogP contribution in [0.2, 0.25) is 0 Å². The van der Waals surface area contributed by atoms with Crippen molar-refractivity contribution in [3.05, 3.63) is 35.9 Å². The van der Waals surface area contributed by atoms with Gasteiger partial charge in [0.25, 0.3) is 0 Å². The predicted octanol–water partition coefficient (Wildman–Crippen LogP) is 1.60. The first-order valence-corrected chi connectivity index (χ1v) is 5.04. The Hall–Kier alpha value is -1.48. The molecule has 1 aromatic carbocycles. The van der Waals surface area contributed by atoms with Crippen molar-refractivity contribution in [1.29, 1.82) is 0 Å². The summed E-state index contributed by atoms with van der Waals surface area (Å²) in [5.41, 5.74) is 1.31. The van der Waals surface area contributed by atoms with Crippen LogP contribution in [0.25, 0.3) is 0 Å². The van der Waals surface area contributed by atoms with E-state index < -0.39 is 0 Å². The van der Waals surface area contributed by atoms with Crippen LogP contribution in [0.1, 0.15) is 0 Å². The Balaban J connectivity index is 1.87. The van der Waals surface area contributed by atoms with E-state index in [-0.39, 0.29) is 0 Å². The zero-order valence-electron chi connectivity index (χ0n) is 8.82. The van der Waals surface area contributed by atoms with Gasteiger partial charge >= 0.3 is 0 Å². The number of methoxy groups -OCH3 is 1. The molecular weight excluding hydrogens is 190 g/mol. The molecule has 0 unspecified atom stereocenters. The minimum absolute atomic E-state index is 0.666. The van der Waals surface area contributed by atoms with Crippen molar-refractivity contribution < 1.29 is 9.47 Å². The van der Waals surface area contributed by atoms with Gasteiger partial charge in [-0.3, -0.25) is 0 Å². The summed E-state index contributed by atoms with van der Waals surface area (Å²) in [5.74, 6) is 1.73. The molecule has 1 N–H and O–H groups in total. The molecule has 3 heteroatoms. The third-order valence-corrected chi connectivity index (χ3v) is 2.37. The lowest BCUT2D eigenvalue weighted by Crippen LogP contribution is -2.11. The molecular formula is C12H15NO2. The molecule has 1 aliphatic heterocycles. The highest BCUT2D eigenvalue weighted by Crippen LogP contribution is 2.17. The monoisotopic (exact) mass is 205 g/mol. The van der Waals surface area contributed by atoms with Crippen molar-refractivity contribution in [1.82, 2.24) is 5.32 Å². The molecule has 0 fully saturated rings. The Morgan fingerprint density at radius 2 is 1.93 bits per heavy atom. The molecule has 1 aliphatic rings. The zero-order chi connectivity index (χ0) is 10.5. The van der Waals surface area contributed by atoms with Crippen molar-refractivity contribution in [2.24, 2.45) is 0 Å². The first-order chi connectivity index (χ1) is 7.38. The fourth-order valence-electron chi connectivity index (χ4n) is 1.48. The maximum absolute atomic E-state index is 5.63. The van der Waals surface area contributed by atoms with E-state index in [0.29, 0.717) is 6.61 Å². The summed E-state index contributed by atoms with van der Waals surface area (Å²) in [6, 6.07) is 7.64. The quantitative estimate of drug-likeness (QED) is 0.757. The van der Waals surface area contributed by atoms with Gasteiger partial charge in [0.15, 0.2) is 0 Å². The van der Waals surface area contributed by atoms with Crippen molar-refractivity contribution in [2.75, 3.05) is 26.8 Å². The van der Waals surface area contributed by atoms with Gasteiger partial charge in [0.05, 0.1) is 7.11 Å². The highest BCUT2D eigenvalue weighted by atomic mass is 16.5. The van der Waals surface area contributed by atoms with E-state index in [1.54, 1.807) is 7.11 Å². The second-order valence-corrected chi connectivity index (χ2v) is 3.46. The highest BCUT2D eigenvalue weighted by Gasteiger charge is 2.04. The molecule has 2 rings (SSSR count). The van der Waals surface area contributed by atoms with E-state index in [1.807, 2.05) is 24.3 Å². The first-order valence-electron chi connectivity index (χ1n) is 5.04. The molecule has 1 aromatic rings. The largest absolute Gasteiger partial charge is 0.497 e. The normalized spacial score (nSPS) is 14.9. The lowest BCUT2D eigenvalue weighted by atomic mass is 10.3. The fraction of sp³-hybridized carbons (Fsp3) is 0.333. The lowest BCUT2D eigenvalue weighted by Gasteiger charge is -2.07. The summed E-state index contributed by atoms with van der Waals surface area (Å²) >= 11 is 0. The van der Waals surface area contributed by atoms with E-state index in [0.717, 1.165) is 24.6 Å². The van der Waals surface area contributed by atoms with Gasteiger partial charge in [0, 0.05) is 13.1 Å². The van der Waals surface area contributed by atoms with Crippen molar-refractivity contribution in [3.8, 4) is 11.5 Å². The smallest absolute Gasteiger partial charge is 0.120 e. The Morgan fingerprint density at radius 3 is 2.53 bits per heavy atom. The summed E-state index contributed by atoms with van der Waals surface area (Å²) in [4.78, 5) is 0. The van der Waals surface area contributed by atoms with Gasteiger partial charge in [0.2, 0.25) is 0 Å². The van der Waals surface area contributed by atoms with Crippen molar-refractivity contribution >= 4 is 0 Å². The average molecular weight is 205 g/mol. The molecule has 0 radical (unpaired) electrons. The maximum Gasteiger partial charge on any atom is 0.120 e. The van der Waals surface area contributed by atoms with E-state index in [2.05, 4.69) is 11.4 Å². The van der Waals surface area contributed by atoms with Gasteiger partial charge in [-0.25, -0.2) is 0 Å². The highest BCUT2D eigenvalue weighted by molar-refractivity contribution is 5.31. The molecule has 80 valence electrons. The van der Waals surface area contributed by atoms with Crippen LogP contribution in [0.4, 0.5) is 0 Å². The van der Waals surface area contributed by atoms with Gasteiger partial charge in [0.1, 0.15) is 18.1 Å². The maximum atomic E-state index is 5.63. The molecule has 1 heterocycles. The van der Waals surface area contributed by atoms with Gasteiger partial charge in [-0.05, 0) is 29.8 Å². The molecule has 0 atom stereocenters. The molecule has 0 aliphatic carbocycles. The second kappa shape index (κ2) is 4.84. The third kappa shape index (κ3) is 2.73. The summed E-state index contributed by atoms with van der Waals surface area (Å²) < 4.78 is 10.7. The number of benzene rings is 1. The molecule has 0 saturated carbocycles. The minimum atomic E-state index is 0.666. The second-order valence-electron chi connectivity index (χ2n) is 3.46. The number of rotatable bonds is 4. The summed E-state index contributed by atoms with van der Waals surface area (Å²) in [6.45, 7) is 2.57. The molecule has 15 heavy (non-hydrogen) atoms. The lowest BCUT2D eigenvalue weighted by molar-refractivity contribution is 0.349. The molecule has 0 bridgehead atoms. The SMILES string of the molecule is COc1ccc(OCC2=CCNC2)cc1. The van der Waals surface area contributed by atoms with Gasteiger partial charge < -0.3 is 14.8 Å². The van der Waals surface area contributed by atoms with Gasteiger partial charge in [-0.2, -0.15) is 0 Å². The topological polar surface area (TPSA) is 30.5 Å². The van der Waals surface area contributed by atoms with Gasteiger partial charge in [-0.15, -0.1) is 0 Å². The van der Waals surface area contributed by atoms with Crippen LogP contribution in [0.5, 0.6) is 11.5 Å². The molecule has 0 spiro atoms. The molecule has 0 saturated heterocycles. The number of ether oxygens (including phenoxy) is 2. The summed E-state index contributed by atoms with van der Waals surface area (Å²) in [5, 5.41) is 3.23. The van der Waals surface area contributed by atoms with Crippen LogP contribution in [-0.2, 0) is 0 Å². The van der Waals surface area contributed by atoms with E-state index >= 15 is 0 Å². The van der Waals surface area contributed by atoms with Crippen LogP contribution in [-0.4, -0.2) is 26.8 Å². The van der Waals surface area contributed by atoms with Crippen LogP contribution < -0.4 is 14.8 Å².